The van der Waals surface area contributed by atoms with Gasteiger partial charge in [-0.3, -0.25) is 0 Å². The molecule has 256 valence electrons. The molecule has 0 unspecified atom stereocenters. The van der Waals surface area contributed by atoms with E-state index in [4.69, 9.17) is 4.42 Å². The van der Waals surface area contributed by atoms with E-state index >= 15 is 0 Å². The Morgan fingerprint density at radius 3 is 1.76 bits per heavy atom. The lowest BCUT2D eigenvalue weighted by molar-refractivity contribution is 0.660. The fourth-order valence-electron chi connectivity index (χ4n) is 9.77. The quantitative estimate of drug-likeness (QED) is 0.179. The molecule has 2 nitrogen and oxygen atoms in total. The predicted octanol–water partition coefficient (Wildman–Crippen LogP) is 13.7. The fraction of sp³-hybridized carbons (Fsp3) is 0.0769. The highest BCUT2D eigenvalue weighted by Gasteiger charge is 2.47. The van der Waals surface area contributed by atoms with Crippen LogP contribution in [0.4, 0.5) is 17.1 Å². The van der Waals surface area contributed by atoms with Gasteiger partial charge in [0.2, 0.25) is 0 Å². The molecule has 8 aromatic carbocycles. The summed E-state index contributed by atoms with van der Waals surface area (Å²) in [6, 6.07) is 69.1. The summed E-state index contributed by atoms with van der Waals surface area (Å²) in [5.41, 5.74) is 17.5. The minimum atomic E-state index is -0.498. The largest absolute Gasteiger partial charge is 0.456 e. The van der Waals surface area contributed by atoms with E-state index in [1.165, 1.54) is 55.6 Å². The molecule has 0 fully saturated rings. The van der Waals surface area contributed by atoms with E-state index in [0.29, 0.717) is 0 Å². The van der Waals surface area contributed by atoms with Gasteiger partial charge in [-0.1, -0.05) is 159 Å². The first-order valence-electron chi connectivity index (χ1n) is 18.9. The molecule has 54 heavy (non-hydrogen) atoms. The Kier molecular flexibility index (Phi) is 6.55. The minimum Gasteiger partial charge on any atom is -0.456 e. The minimum absolute atomic E-state index is 0.140. The SMILES string of the molecule is CC1(C)c2ccccc2-c2ccc(N(c3ccc4oc5ccccc5c4c3)c3cccc4c3-c3ccccc3C4(c3ccccc3)c3ccccc3)cc21. The van der Waals surface area contributed by atoms with E-state index < -0.39 is 5.41 Å². The monoisotopic (exact) mass is 691 g/mol. The second-order valence-corrected chi connectivity index (χ2v) is 15.2. The van der Waals surface area contributed by atoms with Crippen molar-refractivity contribution in [2.24, 2.45) is 0 Å². The summed E-state index contributed by atoms with van der Waals surface area (Å²) in [4.78, 5) is 2.49. The molecule has 11 rings (SSSR count). The Hall–Kier alpha value is -6.64. The van der Waals surface area contributed by atoms with Crippen LogP contribution in [0.3, 0.4) is 0 Å². The Morgan fingerprint density at radius 2 is 0.981 bits per heavy atom. The number of anilines is 3. The molecule has 2 heteroatoms. The van der Waals surface area contributed by atoms with Crippen molar-refractivity contribution in [1.82, 2.24) is 0 Å². The van der Waals surface area contributed by atoms with Crippen LogP contribution in [0.1, 0.15) is 47.2 Å². The molecule has 1 heterocycles. The van der Waals surface area contributed by atoms with Gasteiger partial charge in [0.1, 0.15) is 11.2 Å². The lowest BCUT2D eigenvalue weighted by Crippen LogP contribution is -2.28. The number of nitrogens with zero attached hydrogens (tertiary/aromatic N) is 1. The summed E-state index contributed by atoms with van der Waals surface area (Å²) in [6.45, 7) is 4.72. The summed E-state index contributed by atoms with van der Waals surface area (Å²) in [5.74, 6) is 0. The molecular weight excluding hydrogens is 655 g/mol. The summed E-state index contributed by atoms with van der Waals surface area (Å²) >= 11 is 0. The van der Waals surface area contributed by atoms with E-state index in [1.54, 1.807) is 0 Å². The highest BCUT2D eigenvalue weighted by atomic mass is 16.3. The topological polar surface area (TPSA) is 16.4 Å². The third-order valence-corrected chi connectivity index (χ3v) is 12.1. The smallest absolute Gasteiger partial charge is 0.135 e. The molecule has 0 atom stereocenters. The van der Waals surface area contributed by atoms with Gasteiger partial charge in [-0.05, 0) is 92.5 Å². The van der Waals surface area contributed by atoms with E-state index in [0.717, 1.165) is 39.0 Å². The van der Waals surface area contributed by atoms with Gasteiger partial charge in [0.05, 0.1) is 11.1 Å². The molecule has 0 saturated heterocycles. The van der Waals surface area contributed by atoms with Crippen molar-refractivity contribution in [3.63, 3.8) is 0 Å². The molecular formula is C52H37NO. The number of hydrogen-bond donors (Lipinski definition) is 0. The highest BCUT2D eigenvalue weighted by molar-refractivity contribution is 6.07. The number of rotatable bonds is 5. The normalized spacial score (nSPS) is 14.4. The lowest BCUT2D eigenvalue weighted by Gasteiger charge is -2.34. The molecule has 0 N–H and O–H groups in total. The van der Waals surface area contributed by atoms with Crippen molar-refractivity contribution < 1.29 is 4.42 Å². The van der Waals surface area contributed by atoms with Gasteiger partial charge in [0.25, 0.3) is 0 Å². The fourth-order valence-corrected chi connectivity index (χ4v) is 9.77. The standard InChI is InChI=1S/C52H37NO/c1-51(2)43-23-12-9-20-38(43)39-30-28-37(33-46(39)51)53(36-29-31-49-42(32-36)40-21-11-14-27-48(40)54-49)47-26-15-25-45-50(47)41-22-10-13-24-44(41)52(45,34-16-5-3-6-17-34)35-18-7-4-8-19-35/h3-33H,1-2H3. The third-order valence-electron chi connectivity index (χ3n) is 12.1. The first kappa shape index (κ1) is 30.9. The van der Waals surface area contributed by atoms with Crippen molar-refractivity contribution >= 4 is 39.0 Å². The molecule has 0 bridgehead atoms. The first-order valence-corrected chi connectivity index (χ1v) is 18.9. The Morgan fingerprint density at radius 1 is 0.407 bits per heavy atom. The van der Waals surface area contributed by atoms with Gasteiger partial charge in [0.15, 0.2) is 0 Å². The van der Waals surface area contributed by atoms with Crippen molar-refractivity contribution in [3.05, 3.63) is 221 Å². The molecule has 0 saturated carbocycles. The molecule has 0 amide bonds. The molecule has 9 aromatic rings. The van der Waals surface area contributed by atoms with E-state index in [-0.39, 0.29) is 5.41 Å². The summed E-state index contributed by atoms with van der Waals surface area (Å²) in [6.07, 6.45) is 0. The van der Waals surface area contributed by atoms with Crippen LogP contribution < -0.4 is 4.90 Å². The zero-order chi connectivity index (χ0) is 36.0. The van der Waals surface area contributed by atoms with Crippen molar-refractivity contribution in [3.8, 4) is 22.3 Å². The van der Waals surface area contributed by atoms with Crippen LogP contribution in [0.2, 0.25) is 0 Å². The van der Waals surface area contributed by atoms with E-state index in [9.17, 15) is 0 Å². The van der Waals surface area contributed by atoms with Gasteiger partial charge in [-0.25, -0.2) is 0 Å². The predicted molar refractivity (Wildman–Crippen MR) is 223 cm³/mol. The average Bonchev–Trinajstić information content (AvgIpc) is 3.83. The number of fused-ring (bicyclic) bond motifs is 9. The number of furan rings is 1. The van der Waals surface area contributed by atoms with Crippen LogP contribution in [0.15, 0.2) is 192 Å². The zero-order valence-electron chi connectivity index (χ0n) is 30.3. The molecule has 0 spiro atoms. The Balaban J connectivity index is 1.23. The Bertz CT molecular complexity index is 2880. The van der Waals surface area contributed by atoms with Crippen LogP contribution >= 0.6 is 0 Å². The van der Waals surface area contributed by atoms with Crippen LogP contribution in [0.5, 0.6) is 0 Å². The van der Waals surface area contributed by atoms with Gasteiger partial charge >= 0.3 is 0 Å². The third kappa shape index (κ3) is 4.17. The first-order chi connectivity index (χ1) is 26.5. The zero-order valence-corrected chi connectivity index (χ0v) is 30.3. The second-order valence-electron chi connectivity index (χ2n) is 15.2. The number of benzene rings is 8. The maximum Gasteiger partial charge on any atom is 0.135 e. The lowest BCUT2D eigenvalue weighted by atomic mass is 9.68. The molecule has 0 radical (unpaired) electrons. The van der Waals surface area contributed by atoms with Crippen molar-refractivity contribution in [2.45, 2.75) is 24.7 Å². The number of hydrogen-bond acceptors (Lipinski definition) is 2. The van der Waals surface area contributed by atoms with E-state index in [2.05, 4.69) is 201 Å². The molecule has 2 aliphatic carbocycles. The van der Waals surface area contributed by atoms with Crippen molar-refractivity contribution in [1.29, 1.82) is 0 Å². The van der Waals surface area contributed by atoms with Crippen LogP contribution in [0, 0.1) is 0 Å². The van der Waals surface area contributed by atoms with Crippen molar-refractivity contribution in [2.75, 3.05) is 4.90 Å². The average molecular weight is 692 g/mol. The molecule has 2 aliphatic rings. The second kappa shape index (κ2) is 11.4. The van der Waals surface area contributed by atoms with Gasteiger partial charge < -0.3 is 9.32 Å². The molecule has 0 aliphatic heterocycles. The van der Waals surface area contributed by atoms with Gasteiger partial charge in [-0.15, -0.1) is 0 Å². The van der Waals surface area contributed by atoms with Crippen LogP contribution in [-0.4, -0.2) is 0 Å². The number of para-hydroxylation sites is 1. The van der Waals surface area contributed by atoms with Gasteiger partial charge in [0, 0.05) is 33.1 Å². The highest BCUT2D eigenvalue weighted by Crippen LogP contribution is 2.60. The summed E-state index contributed by atoms with van der Waals surface area (Å²) in [5, 5.41) is 2.23. The summed E-state index contributed by atoms with van der Waals surface area (Å²) < 4.78 is 6.35. The molecule has 1 aromatic heterocycles. The maximum atomic E-state index is 6.35. The van der Waals surface area contributed by atoms with Crippen LogP contribution in [0.25, 0.3) is 44.2 Å². The van der Waals surface area contributed by atoms with Gasteiger partial charge in [-0.2, -0.15) is 0 Å². The van der Waals surface area contributed by atoms with Crippen LogP contribution in [-0.2, 0) is 10.8 Å². The Labute approximate surface area is 315 Å². The van der Waals surface area contributed by atoms with E-state index in [1.807, 2.05) is 6.07 Å². The maximum absolute atomic E-state index is 6.35. The summed E-state index contributed by atoms with van der Waals surface area (Å²) in [7, 11) is 0.